The van der Waals surface area contributed by atoms with Gasteiger partial charge in [0.1, 0.15) is 23.7 Å². The number of hydrogen-bond acceptors (Lipinski definition) is 6. The molecular weight excluding hydrogens is 408 g/mol. The van der Waals surface area contributed by atoms with Crippen LogP contribution in [0.3, 0.4) is 0 Å². The summed E-state index contributed by atoms with van der Waals surface area (Å²) >= 11 is 0. The highest BCUT2D eigenvalue weighted by Gasteiger charge is 2.35. The summed E-state index contributed by atoms with van der Waals surface area (Å²) in [7, 11) is 1.30. The number of anilines is 1. The van der Waals surface area contributed by atoms with Crippen molar-refractivity contribution in [1.82, 2.24) is 15.1 Å². The van der Waals surface area contributed by atoms with E-state index in [2.05, 4.69) is 15.7 Å². The first kappa shape index (κ1) is 23.0. The van der Waals surface area contributed by atoms with E-state index >= 15 is 0 Å². The number of carbonyl (C=O) groups is 2. The second kappa shape index (κ2) is 10.1. The van der Waals surface area contributed by atoms with E-state index in [1.165, 1.54) is 7.11 Å². The summed E-state index contributed by atoms with van der Waals surface area (Å²) in [5, 5.41) is 10.3. The van der Waals surface area contributed by atoms with E-state index in [9.17, 15) is 9.59 Å². The number of carbonyl (C=O) groups excluding carboxylic acids is 2. The molecule has 0 aliphatic carbocycles. The van der Waals surface area contributed by atoms with Crippen molar-refractivity contribution in [2.75, 3.05) is 25.6 Å². The van der Waals surface area contributed by atoms with E-state index in [1.807, 2.05) is 56.3 Å². The molecule has 3 rings (SSSR count). The molecule has 2 aromatic carbocycles. The number of hydrogen-bond donors (Lipinski definition) is 2. The number of aryl methyl sites for hydroxylation is 2. The van der Waals surface area contributed by atoms with Crippen LogP contribution in [0.5, 0.6) is 5.75 Å². The van der Waals surface area contributed by atoms with E-state index in [1.54, 1.807) is 29.8 Å². The Morgan fingerprint density at radius 1 is 1.06 bits per heavy atom. The fourth-order valence-electron chi connectivity index (χ4n) is 3.09. The minimum atomic E-state index is -1.21. The third kappa shape index (κ3) is 5.73. The van der Waals surface area contributed by atoms with Gasteiger partial charge in [0, 0.05) is 6.07 Å². The topological polar surface area (TPSA) is 94.5 Å². The molecule has 0 fully saturated rings. The number of rotatable bonds is 9. The van der Waals surface area contributed by atoms with E-state index < -0.39 is 11.5 Å². The summed E-state index contributed by atoms with van der Waals surface area (Å²) in [4.78, 5) is 25.1. The molecule has 3 aromatic rings. The maximum atomic E-state index is 12.7. The van der Waals surface area contributed by atoms with Gasteiger partial charge >= 0.3 is 5.97 Å². The Morgan fingerprint density at radius 3 is 2.41 bits per heavy atom. The molecule has 0 aliphatic rings. The smallest absolute Gasteiger partial charge is 0.329 e. The lowest BCUT2D eigenvalue weighted by atomic mass is 10.0. The van der Waals surface area contributed by atoms with Gasteiger partial charge in [-0.3, -0.25) is 10.1 Å². The summed E-state index contributed by atoms with van der Waals surface area (Å²) in [5.41, 5.74) is 1.52. The summed E-state index contributed by atoms with van der Waals surface area (Å²) in [6.07, 6.45) is 0. The molecule has 1 unspecified atom stereocenters. The second-order valence-corrected chi connectivity index (χ2v) is 7.75. The molecule has 168 valence electrons. The summed E-state index contributed by atoms with van der Waals surface area (Å²) in [5.74, 6) is 0.305. The molecule has 0 spiro atoms. The Morgan fingerprint density at radius 2 is 1.75 bits per heavy atom. The Bertz CT molecular complexity index is 1060. The van der Waals surface area contributed by atoms with Crippen molar-refractivity contribution >= 4 is 17.7 Å². The fourth-order valence-corrected chi connectivity index (χ4v) is 3.09. The average molecular weight is 437 g/mol. The Balaban J connectivity index is 1.67. The number of methoxy groups -OCH3 is 1. The van der Waals surface area contributed by atoms with Crippen molar-refractivity contribution in [2.24, 2.45) is 0 Å². The van der Waals surface area contributed by atoms with E-state index in [0.29, 0.717) is 11.6 Å². The van der Waals surface area contributed by atoms with Crippen molar-refractivity contribution in [3.05, 3.63) is 71.9 Å². The van der Waals surface area contributed by atoms with Gasteiger partial charge in [0.25, 0.3) is 0 Å². The lowest BCUT2D eigenvalue weighted by molar-refractivity contribution is -0.149. The van der Waals surface area contributed by atoms with E-state index in [4.69, 9.17) is 9.47 Å². The van der Waals surface area contributed by atoms with Crippen LogP contribution < -0.4 is 15.4 Å². The van der Waals surface area contributed by atoms with Crippen LogP contribution in [0.15, 0.2) is 60.7 Å². The largest absolute Gasteiger partial charge is 0.491 e. The van der Waals surface area contributed by atoms with Gasteiger partial charge in [-0.05, 0) is 45.0 Å². The fraction of sp³-hybridized carbons (Fsp3) is 0.292. The zero-order chi connectivity index (χ0) is 23.1. The SMILES string of the molecule is COC(=O)C(C)(COc1ccccc1)NCC(=O)Nc1cc(C)nn1-c1ccc(C)cc1. The predicted octanol–water partition coefficient (Wildman–Crippen LogP) is 3.03. The Kier molecular flexibility index (Phi) is 7.27. The molecule has 0 bridgehead atoms. The van der Waals surface area contributed by atoms with Crippen LogP contribution in [0.4, 0.5) is 5.82 Å². The zero-order valence-electron chi connectivity index (χ0n) is 18.7. The van der Waals surface area contributed by atoms with Crippen LogP contribution in [-0.2, 0) is 14.3 Å². The third-order valence-electron chi connectivity index (χ3n) is 4.92. The molecule has 32 heavy (non-hydrogen) atoms. The average Bonchev–Trinajstić information content (AvgIpc) is 3.16. The molecule has 0 aliphatic heterocycles. The molecule has 1 amide bonds. The number of para-hydroxylation sites is 1. The van der Waals surface area contributed by atoms with Crippen molar-refractivity contribution in [2.45, 2.75) is 26.3 Å². The molecule has 0 radical (unpaired) electrons. The normalized spacial score (nSPS) is 12.6. The molecule has 1 atom stereocenters. The molecule has 1 heterocycles. The summed E-state index contributed by atoms with van der Waals surface area (Å²) in [6.45, 7) is 5.37. The van der Waals surface area contributed by atoms with Crippen LogP contribution in [0, 0.1) is 13.8 Å². The number of aromatic nitrogens is 2. The van der Waals surface area contributed by atoms with Gasteiger partial charge < -0.3 is 14.8 Å². The third-order valence-corrected chi connectivity index (χ3v) is 4.92. The number of nitrogens with one attached hydrogen (secondary N) is 2. The molecule has 1 aromatic heterocycles. The first-order valence-corrected chi connectivity index (χ1v) is 10.3. The monoisotopic (exact) mass is 436 g/mol. The molecule has 8 heteroatoms. The highest BCUT2D eigenvalue weighted by atomic mass is 16.5. The lowest BCUT2D eigenvalue weighted by Crippen LogP contribution is -2.56. The molecule has 8 nitrogen and oxygen atoms in total. The standard InChI is InChI=1S/C24H28N4O4/c1-17-10-12-19(13-11-17)28-21(14-18(2)27-28)26-22(29)15-25-24(3,23(30)31-4)16-32-20-8-6-5-7-9-20/h5-14,25H,15-16H2,1-4H3,(H,26,29). The quantitative estimate of drug-likeness (QED) is 0.501. The van der Waals surface area contributed by atoms with Crippen LogP contribution in [0.1, 0.15) is 18.2 Å². The number of esters is 1. The van der Waals surface area contributed by atoms with Gasteiger partial charge in [-0.15, -0.1) is 0 Å². The van der Waals surface area contributed by atoms with Crippen molar-refractivity contribution in [1.29, 1.82) is 0 Å². The summed E-state index contributed by atoms with van der Waals surface area (Å²) < 4.78 is 12.3. The first-order valence-electron chi connectivity index (χ1n) is 10.3. The number of nitrogens with zero attached hydrogens (tertiary/aromatic N) is 2. The Labute approximate surface area is 187 Å². The minimum Gasteiger partial charge on any atom is -0.491 e. The maximum Gasteiger partial charge on any atom is 0.329 e. The molecular formula is C24H28N4O4. The van der Waals surface area contributed by atoms with Gasteiger partial charge in [-0.25, -0.2) is 9.48 Å². The van der Waals surface area contributed by atoms with E-state index in [0.717, 1.165) is 16.9 Å². The van der Waals surface area contributed by atoms with Crippen LogP contribution in [-0.4, -0.2) is 47.5 Å². The maximum absolute atomic E-state index is 12.7. The minimum absolute atomic E-state index is 0.00261. The van der Waals surface area contributed by atoms with Crippen molar-refractivity contribution < 1.29 is 19.1 Å². The lowest BCUT2D eigenvalue weighted by Gasteiger charge is -2.27. The number of ether oxygens (including phenoxy) is 2. The van der Waals surface area contributed by atoms with Gasteiger partial charge in [-0.1, -0.05) is 35.9 Å². The second-order valence-electron chi connectivity index (χ2n) is 7.75. The number of benzene rings is 2. The first-order chi connectivity index (χ1) is 15.3. The van der Waals surface area contributed by atoms with Crippen molar-refractivity contribution in [3.63, 3.8) is 0 Å². The van der Waals surface area contributed by atoms with Gasteiger partial charge in [0.2, 0.25) is 5.91 Å². The highest BCUT2D eigenvalue weighted by molar-refractivity contribution is 5.92. The highest BCUT2D eigenvalue weighted by Crippen LogP contribution is 2.18. The van der Waals surface area contributed by atoms with E-state index in [-0.39, 0.29) is 19.1 Å². The van der Waals surface area contributed by atoms with Gasteiger partial charge in [0.05, 0.1) is 25.0 Å². The molecule has 2 N–H and O–H groups in total. The summed E-state index contributed by atoms with van der Waals surface area (Å²) in [6, 6.07) is 18.7. The zero-order valence-corrected chi connectivity index (χ0v) is 18.7. The van der Waals surface area contributed by atoms with Crippen LogP contribution in [0.2, 0.25) is 0 Å². The number of amides is 1. The van der Waals surface area contributed by atoms with Crippen LogP contribution >= 0.6 is 0 Å². The molecule has 0 saturated heterocycles. The molecule has 0 saturated carbocycles. The van der Waals surface area contributed by atoms with Crippen molar-refractivity contribution in [3.8, 4) is 11.4 Å². The Hall–Kier alpha value is -3.65. The van der Waals surface area contributed by atoms with Gasteiger partial charge in [0.15, 0.2) is 0 Å². The predicted molar refractivity (Wildman–Crippen MR) is 122 cm³/mol. The van der Waals surface area contributed by atoms with Crippen LogP contribution in [0.25, 0.3) is 5.69 Å². The van der Waals surface area contributed by atoms with Gasteiger partial charge in [-0.2, -0.15) is 5.10 Å².